The van der Waals surface area contributed by atoms with Crippen LogP contribution >= 0.6 is 0 Å². The molecule has 14 rings (SSSR count). The van der Waals surface area contributed by atoms with Crippen molar-refractivity contribution in [2.24, 2.45) is 0 Å². The van der Waals surface area contributed by atoms with Crippen molar-refractivity contribution in [3.8, 4) is 62.4 Å². The molecule has 0 bridgehead atoms. The summed E-state index contributed by atoms with van der Waals surface area (Å²) < 4.78 is 23.6. The van der Waals surface area contributed by atoms with Gasteiger partial charge >= 0.3 is 0 Å². The topological polar surface area (TPSA) is 53.5 Å². The molecule has 6 nitrogen and oxygen atoms in total. The molecular weight excluding hydrogens is 860 g/mol. The van der Waals surface area contributed by atoms with E-state index in [1.165, 1.54) is 27.6 Å². The van der Waals surface area contributed by atoms with Gasteiger partial charge in [0.1, 0.15) is 5.82 Å². The quantitative estimate of drug-likeness (QED) is 0.160. The van der Waals surface area contributed by atoms with Gasteiger partial charge in [-0.2, -0.15) is 0 Å². The van der Waals surface area contributed by atoms with E-state index < -0.39 is 0 Å². The summed E-state index contributed by atoms with van der Waals surface area (Å²) in [6.07, 6.45) is 0. The number of nitrogens with zero attached hydrogens (tertiary/aromatic N) is 6. The number of rotatable bonds is 7. The van der Waals surface area contributed by atoms with E-state index in [1.54, 1.807) is 6.07 Å². The highest BCUT2D eigenvalue weighted by Crippen LogP contribution is 2.42. The Balaban J connectivity index is 1.06. The lowest BCUT2D eigenvalue weighted by Crippen LogP contribution is -2.03. The lowest BCUT2D eigenvalue weighted by atomic mass is 9.97. The lowest BCUT2D eigenvalue weighted by molar-refractivity contribution is 0.631. The fraction of sp³-hybridized carbons (Fsp3) is 0. The molecule has 70 heavy (non-hydrogen) atoms. The van der Waals surface area contributed by atoms with Crippen LogP contribution < -0.4 is 0 Å². The molecule has 7 heteroatoms. The first-order valence-corrected chi connectivity index (χ1v) is 23.5. The van der Waals surface area contributed by atoms with Crippen LogP contribution in [0.2, 0.25) is 0 Å². The van der Waals surface area contributed by atoms with Crippen molar-refractivity contribution in [2.75, 3.05) is 0 Å². The highest BCUT2D eigenvalue weighted by molar-refractivity contribution is 6.13. The van der Waals surface area contributed by atoms with E-state index >= 15 is 4.39 Å². The molecule has 0 fully saturated rings. The van der Waals surface area contributed by atoms with Crippen LogP contribution in [0, 0.1) is 5.82 Å². The molecule has 328 valence electrons. The van der Waals surface area contributed by atoms with E-state index in [0.29, 0.717) is 34.2 Å². The summed E-state index contributed by atoms with van der Waals surface area (Å²) in [5.41, 5.74) is 13.0. The minimum atomic E-state index is -0.342. The Morgan fingerprint density at radius 1 is 0.257 bits per heavy atom. The van der Waals surface area contributed by atoms with Crippen molar-refractivity contribution in [3.63, 3.8) is 0 Å². The van der Waals surface area contributed by atoms with E-state index in [4.69, 9.17) is 15.0 Å². The van der Waals surface area contributed by atoms with Gasteiger partial charge < -0.3 is 13.7 Å². The molecule has 0 aliphatic carbocycles. The van der Waals surface area contributed by atoms with Crippen molar-refractivity contribution in [3.05, 3.63) is 242 Å². The largest absolute Gasteiger partial charge is 0.309 e. The minimum Gasteiger partial charge on any atom is -0.309 e. The van der Waals surface area contributed by atoms with Crippen LogP contribution in [0.3, 0.4) is 0 Å². The molecule has 0 spiro atoms. The van der Waals surface area contributed by atoms with Gasteiger partial charge in [0, 0.05) is 71.6 Å². The lowest BCUT2D eigenvalue weighted by Gasteiger charge is -2.16. The fourth-order valence-corrected chi connectivity index (χ4v) is 10.7. The molecule has 0 N–H and O–H groups in total. The van der Waals surface area contributed by atoms with Gasteiger partial charge in [0.05, 0.1) is 33.1 Å². The van der Waals surface area contributed by atoms with Crippen LogP contribution in [0.15, 0.2) is 237 Å². The van der Waals surface area contributed by atoms with Crippen LogP contribution in [-0.2, 0) is 0 Å². The van der Waals surface area contributed by atoms with Crippen LogP contribution in [0.1, 0.15) is 0 Å². The van der Waals surface area contributed by atoms with E-state index in [-0.39, 0.29) is 5.82 Å². The standard InChI is InChI=1S/C63H39FN6/c64-54-26-12-7-21-45(54)53-37-42(33-36-52(53)63-66-61(40-17-3-1-4-18-40)65-62(67-63)41-19-5-2-6-20-41)70-59-38-43(68-55-27-13-8-22-46(55)47-23-9-14-28-56(47)68)31-34-50(59)51-35-32-44(39-60(51)70)69-57-29-15-10-24-48(57)49-25-11-16-30-58(49)69/h1-39H. The van der Waals surface area contributed by atoms with Gasteiger partial charge in [-0.15, -0.1) is 0 Å². The number of fused-ring (bicyclic) bond motifs is 9. The average Bonchev–Trinajstić information content (AvgIpc) is 4.06. The number of hydrogen-bond acceptors (Lipinski definition) is 3. The number of benzene rings is 10. The summed E-state index contributed by atoms with van der Waals surface area (Å²) in [5.74, 6) is 1.17. The zero-order chi connectivity index (χ0) is 46.3. The molecule has 0 aliphatic heterocycles. The molecule has 0 aliphatic rings. The molecule has 0 atom stereocenters. The first-order valence-electron chi connectivity index (χ1n) is 23.5. The maximum Gasteiger partial charge on any atom is 0.164 e. The van der Waals surface area contributed by atoms with Crippen molar-refractivity contribution in [1.29, 1.82) is 0 Å². The Hall–Kier alpha value is -9.46. The number of halogens is 1. The molecule has 14 aromatic rings. The van der Waals surface area contributed by atoms with Gasteiger partial charge in [-0.1, -0.05) is 164 Å². The van der Waals surface area contributed by atoms with Crippen LogP contribution in [-0.4, -0.2) is 28.7 Å². The second-order valence-electron chi connectivity index (χ2n) is 17.7. The Morgan fingerprint density at radius 2 is 0.614 bits per heavy atom. The van der Waals surface area contributed by atoms with Gasteiger partial charge in [0.25, 0.3) is 0 Å². The summed E-state index contributed by atoms with van der Waals surface area (Å²) in [5, 5.41) is 6.99. The van der Waals surface area contributed by atoms with Gasteiger partial charge in [-0.25, -0.2) is 19.3 Å². The van der Waals surface area contributed by atoms with E-state index in [2.05, 4.69) is 159 Å². The van der Waals surface area contributed by atoms with E-state index in [9.17, 15) is 0 Å². The van der Waals surface area contributed by atoms with Crippen molar-refractivity contribution in [1.82, 2.24) is 28.7 Å². The molecule has 0 saturated carbocycles. The number of para-hydroxylation sites is 4. The normalized spacial score (nSPS) is 11.8. The average molecular weight is 899 g/mol. The van der Waals surface area contributed by atoms with Crippen molar-refractivity contribution < 1.29 is 4.39 Å². The highest BCUT2D eigenvalue weighted by atomic mass is 19.1. The maximum absolute atomic E-state index is 16.5. The molecular formula is C63H39FN6. The van der Waals surface area contributed by atoms with Gasteiger partial charge in [0.2, 0.25) is 0 Å². The zero-order valence-electron chi connectivity index (χ0n) is 37.6. The van der Waals surface area contributed by atoms with Crippen LogP contribution in [0.5, 0.6) is 0 Å². The summed E-state index contributed by atoms with van der Waals surface area (Å²) in [6, 6.07) is 81.0. The third-order valence-corrected chi connectivity index (χ3v) is 13.8. The second-order valence-corrected chi connectivity index (χ2v) is 17.7. The third-order valence-electron chi connectivity index (χ3n) is 13.8. The molecule has 4 heterocycles. The zero-order valence-corrected chi connectivity index (χ0v) is 37.6. The summed E-state index contributed by atoms with van der Waals surface area (Å²) in [4.78, 5) is 15.2. The number of aromatic nitrogens is 6. The summed E-state index contributed by atoms with van der Waals surface area (Å²) in [7, 11) is 0. The Kier molecular flexibility index (Phi) is 8.97. The Morgan fingerprint density at radius 3 is 1.09 bits per heavy atom. The number of hydrogen-bond donors (Lipinski definition) is 0. The van der Waals surface area contributed by atoms with Crippen molar-refractivity contribution in [2.45, 2.75) is 0 Å². The predicted octanol–water partition coefficient (Wildman–Crippen LogP) is 16.0. The molecule has 0 saturated heterocycles. The highest BCUT2D eigenvalue weighted by Gasteiger charge is 2.22. The molecule has 0 unspecified atom stereocenters. The summed E-state index contributed by atoms with van der Waals surface area (Å²) in [6.45, 7) is 0. The molecule has 0 amide bonds. The minimum absolute atomic E-state index is 0.342. The van der Waals surface area contributed by atoms with Gasteiger partial charge in [-0.3, -0.25) is 0 Å². The molecule has 0 radical (unpaired) electrons. The predicted molar refractivity (Wildman–Crippen MR) is 285 cm³/mol. The Bertz CT molecular complexity index is 4040. The van der Waals surface area contributed by atoms with Crippen molar-refractivity contribution >= 4 is 65.4 Å². The third kappa shape index (κ3) is 6.22. The first kappa shape index (κ1) is 39.7. The van der Waals surface area contributed by atoms with Gasteiger partial charge in [0.15, 0.2) is 17.5 Å². The fourth-order valence-electron chi connectivity index (χ4n) is 10.7. The second kappa shape index (κ2) is 15.8. The van der Waals surface area contributed by atoms with Crippen LogP contribution in [0.4, 0.5) is 4.39 Å². The van der Waals surface area contributed by atoms with E-state index in [1.807, 2.05) is 78.9 Å². The molecule has 10 aromatic carbocycles. The van der Waals surface area contributed by atoms with E-state index in [0.717, 1.165) is 72.1 Å². The Labute approximate surface area is 401 Å². The van der Waals surface area contributed by atoms with Gasteiger partial charge in [-0.05, 0) is 78.4 Å². The first-order chi connectivity index (χ1) is 34.6. The molecule has 4 aromatic heterocycles. The SMILES string of the molecule is Fc1ccccc1-c1cc(-n2c3cc(-n4c5ccccc5c5ccccc54)ccc3c3ccc(-n4c5ccccc5c5ccccc54)cc32)ccc1-c1nc(-c2ccccc2)nc(-c2ccccc2)n1. The summed E-state index contributed by atoms with van der Waals surface area (Å²) >= 11 is 0. The van der Waals surface area contributed by atoms with Crippen LogP contribution in [0.25, 0.3) is 128 Å². The monoisotopic (exact) mass is 898 g/mol. The smallest absolute Gasteiger partial charge is 0.164 e. The maximum atomic E-state index is 16.5.